The Morgan fingerprint density at radius 3 is 2.69 bits per heavy atom. The van der Waals surface area contributed by atoms with Crippen molar-refractivity contribution in [3.8, 4) is 0 Å². The minimum Gasteiger partial charge on any atom is -0.397 e. The van der Waals surface area contributed by atoms with Gasteiger partial charge in [0.15, 0.2) is 0 Å². The molecule has 3 N–H and O–H groups in total. The number of aromatic nitrogens is 1. The van der Waals surface area contributed by atoms with Crippen molar-refractivity contribution in [3.05, 3.63) is 27.7 Å². The third-order valence-corrected chi connectivity index (χ3v) is 2.13. The van der Waals surface area contributed by atoms with E-state index in [4.69, 9.17) is 5.73 Å². The fourth-order valence-electron chi connectivity index (χ4n) is 0.931. The van der Waals surface area contributed by atoms with E-state index in [2.05, 4.69) is 20.9 Å². The SMILES string of the molecule is Nc1c(C(F)F)cc(=O)[nH]c1CBr. The Balaban J connectivity index is 3.36. The largest absolute Gasteiger partial charge is 0.397 e. The Bertz CT molecular complexity index is 364. The molecule has 0 saturated heterocycles. The Labute approximate surface area is 81.1 Å². The van der Waals surface area contributed by atoms with Gasteiger partial charge in [-0.05, 0) is 0 Å². The molecule has 1 aromatic rings. The predicted molar refractivity (Wildman–Crippen MR) is 49.1 cm³/mol. The van der Waals surface area contributed by atoms with Crippen LogP contribution in [0, 0.1) is 0 Å². The molecule has 0 unspecified atom stereocenters. The second kappa shape index (κ2) is 3.87. The van der Waals surface area contributed by atoms with E-state index in [0.717, 1.165) is 6.07 Å². The van der Waals surface area contributed by atoms with Crippen LogP contribution in [0.1, 0.15) is 17.7 Å². The Hall–Kier alpha value is -0.910. The van der Waals surface area contributed by atoms with Gasteiger partial charge in [0.2, 0.25) is 5.56 Å². The average Bonchev–Trinajstić information content (AvgIpc) is 2.08. The molecule has 1 heterocycles. The molecule has 1 rings (SSSR count). The van der Waals surface area contributed by atoms with Crippen LogP contribution in [0.2, 0.25) is 0 Å². The molecule has 0 saturated carbocycles. The van der Waals surface area contributed by atoms with Gasteiger partial charge in [-0.25, -0.2) is 8.78 Å². The van der Waals surface area contributed by atoms with Crippen molar-refractivity contribution < 1.29 is 8.78 Å². The van der Waals surface area contributed by atoms with E-state index in [1.54, 1.807) is 0 Å². The van der Waals surface area contributed by atoms with Crippen molar-refractivity contribution in [2.75, 3.05) is 5.73 Å². The van der Waals surface area contributed by atoms with Gasteiger partial charge in [-0.15, -0.1) is 0 Å². The molecule has 1 aromatic heterocycles. The number of pyridine rings is 1. The Morgan fingerprint density at radius 1 is 1.62 bits per heavy atom. The summed E-state index contributed by atoms with van der Waals surface area (Å²) >= 11 is 3.03. The van der Waals surface area contributed by atoms with Crippen LogP contribution in [0.25, 0.3) is 0 Å². The zero-order valence-corrected chi connectivity index (χ0v) is 8.07. The summed E-state index contributed by atoms with van der Waals surface area (Å²) in [6.45, 7) is 0. The summed E-state index contributed by atoms with van der Waals surface area (Å²) < 4.78 is 24.6. The number of aromatic amines is 1. The highest BCUT2D eigenvalue weighted by Gasteiger charge is 2.14. The molecule has 0 aromatic carbocycles. The fourth-order valence-corrected chi connectivity index (χ4v) is 1.37. The van der Waals surface area contributed by atoms with Gasteiger partial charge in [0.05, 0.1) is 11.4 Å². The van der Waals surface area contributed by atoms with Crippen LogP contribution >= 0.6 is 15.9 Å². The van der Waals surface area contributed by atoms with Crippen LogP contribution in [-0.4, -0.2) is 4.98 Å². The molecular weight excluding hydrogens is 246 g/mol. The van der Waals surface area contributed by atoms with Crippen molar-refractivity contribution in [2.45, 2.75) is 11.8 Å². The number of nitrogens with one attached hydrogen (secondary N) is 1. The second-order valence-electron chi connectivity index (χ2n) is 2.42. The normalized spacial score (nSPS) is 10.8. The third kappa shape index (κ3) is 2.06. The maximum atomic E-state index is 12.3. The summed E-state index contributed by atoms with van der Waals surface area (Å²) in [5.74, 6) is 0. The van der Waals surface area contributed by atoms with Gasteiger partial charge in [0.25, 0.3) is 6.43 Å². The number of H-pyrrole nitrogens is 1. The second-order valence-corrected chi connectivity index (χ2v) is 2.98. The number of nitrogens with two attached hydrogens (primary N) is 1. The van der Waals surface area contributed by atoms with Crippen molar-refractivity contribution >= 4 is 21.6 Å². The van der Waals surface area contributed by atoms with Crippen LogP contribution in [0.15, 0.2) is 10.9 Å². The predicted octanol–water partition coefficient (Wildman–Crippen LogP) is 1.79. The highest BCUT2D eigenvalue weighted by atomic mass is 79.9. The van der Waals surface area contributed by atoms with E-state index >= 15 is 0 Å². The van der Waals surface area contributed by atoms with E-state index in [9.17, 15) is 13.6 Å². The van der Waals surface area contributed by atoms with E-state index in [-0.39, 0.29) is 16.7 Å². The lowest BCUT2D eigenvalue weighted by atomic mass is 10.2. The zero-order valence-electron chi connectivity index (χ0n) is 6.48. The monoisotopic (exact) mass is 252 g/mol. The van der Waals surface area contributed by atoms with E-state index in [1.165, 1.54) is 0 Å². The van der Waals surface area contributed by atoms with Crippen molar-refractivity contribution in [3.63, 3.8) is 0 Å². The molecule has 0 aliphatic heterocycles. The van der Waals surface area contributed by atoms with Gasteiger partial charge in [-0.3, -0.25) is 4.79 Å². The summed E-state index contributed by atoms with van der Waals surface area (Å²) in [4.78, 5) is 13.2. The number of alkyl halides is 3. The number of rotatable bonds is 2. The maximum absolute atomic E-state index is 12.3. The van der Waals surface area contributed by atoms with Gasteiger partial charge in [0, 0.05) is 17.0 Å². The van der Waals surface area contributed by atoms with E-state index in [1.807, 2.05) is 0 Å². The molecule has 0 bridgehead atoms. The molecule has 6 heteroatoms. The minimum absolute atomic E-state index is 0.0634. The topological polar surface area (TPSA) is 58.9 Å². The van der Waals surface area contributed by atoms with Crippen LogP contribution in [0.4, 0.5) is 14.5 Å². The van der Waals surface area contributed by atoms with Gasteiger partial charge >= 0.3 is 0 Å². The van der Waals surface area contributed by atoms with E-state index < -0.39 is 17.5 Å². The minimum atomic E-state index is -2.72. The summed E-state index contributed by atoms with van der Waals surface area (Å²) in [6.07, 6.45) is -2.72. The maximum Gasteiger partial charge on any atom is 0.266 e. The molecule has 0 atom stereocenters. The van der Waals surface area contributed by atoms with Gasteiger partial charge in [0.1, 0.15) is 0 Å². The molecular formula is C7H7BrF2N2O. The molecule has 0 fully saturated rings. The first-order chi connectivity index (χ1) is 6.06. The molecule has 0 spiro atoms. The highest BCUT2D eigenvalue weighted by molar-refractivity contribution is 9.08. The molecule has 72 valence electrons. The average molecular weight is 253 g/mol. The highest BCUT2D eigenvalue weighted by Crippen LogP contribution is 2.25. The van der Waals surface area contributed by atoms with E-state index in [0.29, 0.717) is 0 Å². The Morgan fingerprint density at radius 2 is 2.23 bits per heavy atom. The quantitative estimate of drug-likeness (QED) is 0.789. The first-order valence-electron chi connectivity index (χ1n) is 3.42. The lowest BCUT2D eigenvalue weighted by molar-refractivity contribution is 0.152. The van der Waals surface area contributed by atoms with Crippen LogP contribution in [-0.2, 0) is 5.33 Å². The third-order valence-electron chi connectivity index (χ3n) is 1.57. The smallest absolute Gasteiger partial charge is 0.266 e. The molecule has 0 aliphatic carbocycles. The number of anilines is 1. The standard InChI is InChI=1S/C7H7BrF2N2O/c8-2-4-6(11)3(7(9)10)1-5(13)12-4/h1,7H,2,11H2,(H,12,13). The lowest BCUT2D eigenvalue weighted by Gasteiger charge is -2.07. The van der Waals surface area contributed by atoms with Crippen molar-refractivity contribution in [1.82, 2.24) is 4.98 Å². The fraction of sp³-hybridized carbons (Fsp3) is 0.286. The zero-order chi connectivity index (χ0) is 10.0. The van der Waals surface area contributed by atoms with Crippen molar-refractivity contribution in [2.24, 2.45) is 0 Å². The van der Waals surface area contributed by atoms with Gasteiger partial charge in [-0.1, -0.05) is 15.9 Å². The van der Waals surface area contributed by atoms with Crippen LogP contribution in [0.5, 0.6) is 0 Å². The van der Waals surface area contributed by atoms with Crippen LogP contribution < -0.4 is 11.3 Å². The summed E-state index contributed by atoms with van der Waals surface area (Å²) in [6, 6.07) is 0.812. The van der Waals surface area contributed by atoms with Gasteiger partial charge in [-0.2, -0.15) is 0 Å². The number of nitrogen functional groups attached to an aromatic ring is 1. The molecule has 13 heavy (non-hydrogen) atoms. The summed E-state index contributed by atoms with van der Waals surface area (Å²) in [7, 11) is 0. The molecule has 0 radical (unpaired) electrons. The molecule has 0 aliphatic rings. The molecule has 0 amide bonds. The first kappa shape index (κ1) is 10.2. The number of hydrogen-bond donors (Lipinski definition) is 2. The van der Waals surface area contributed by atoms with Crippen molar-refractivity contribution in [1.29, 1.82) is 0 Å². The number of halogens is 3. The summed E-state index contributed by atoms with van der Waals surface area (Å²) in [5, 5.41) is 0.245. The van der Waals surface area contributed by atoms with Gasteiger partial charge < -0.3 is 10.7 Å². The number of hydrogen-bond acceptors (Lipinski definition) is 2. The van der Waals surface area contributed by atoms with Crippen LogP contribution in [0.3, 0.4) is 0 Å². The summed E-state index contributed by atoms with van der Waals surface area (Å²) in [5.41, 5.74) is 4.61. The lowest BCUT2D eigenvalue weighted by Crippen LogP contribution is -2.13. The first-order valence-corrected chi connectivity index (χ1v) is 4.54. The molecule has 3 nitrogen and oxygen atoms in total. The Kier molecular flexibility index (Phi) is 3.02.